The van der Waals surface area contributed by atoms with Crippen LogP contribution in [0.1, 0.15) is 44.4 Å². The number of carbonyl (C=O) groups excluding carboxylic acids is 1. The Morgan fingerprint density at radius 1 is 1.20 bits per heavy atom. The number of hydrogen-bond donors (Lipinski definition) is 0. The third kappa shape index (κ3) is 3.35. The second kappa shape index (κ2) is 7.14. The molecule has 5 fully saturated rings. The van der Waals surface area contributed by atoms with Crippen LogP contribution in [0.3, 0.4) is 0 Å². The van der Waals surface area contributed by atoms with Gasteiger partial charge in [0.05, 0.1) is 16.8 Å². The zero-order valence-corrected chi connectivity index (χ0v) is 19.5. The van der Waals surface area contributed by atoms with Crippen molar-refractivity contribution in [3.8, 4) is 10.7 Å². The van der Waals surface area contributed by atoms with E-state index in [9.17, 15) is 4.79 Å². The molecule has 30 heavy (non-hydrogen) atoms. The van der Waals surface area contributed by atoms with Crippen molar-refractivity contribution in [2.45, 2.75) is 49.4 Å². The maximum atomic E-state index is 13.6. The van der Waals surface area contributed by atoms with Crippen molar-refractivity contribution in [3.63, 3.8) is 0 Å². The highest BCUT2D eigenvalue weighted by molar-refractivity contribution is 9.10. The van der Waals surface area contributed by atoms with E-state index in [2.05, 4.69) is 35.9 Å². The first-order valence-corrected chi connectivity index (χ1v) is 12.7. The van der Waals surface area contributed by atoms with Crippen LogP contribution in [-0.2, 0) is 11.3 Å². The molecule has 4 aliphatic carbocycles. The van der Waals surface area contributed by atoms with Gasteiger partial charge in [-0.2, -0.15) is 4.98 Å². The summed E-state index contributed by atoms with van der Waals surface area (Å²) in [6, 6.07) is 4.00. The molecule has 0 N–H and O–H groups in total. The van der Waals surface area contributed by atoms with Crippen LogP contribution < -0.4 is 0 Å². The highest BCUT2D eigenvalue weighted by Crippen LogP contribution is 2.64. The molecular formula is C22H27BrN4O2S. The molecular weight excluding hydrogens is 464 g/mol. The van der Waals surface area contributed by atoms with E-state index in [1.165, 1.54) is 19.3 Å². The Labute approximate surface area is 189 Å². The summed E-state index contributed by atoms with van der Waals surface area (Å²) in [6.45, 7) is 3.99. The quantitative estimate of drug-likeness (QED) is 0.601. The van der Waals surface area contributed by atoms with Crippen LogP contribution in [0.2, 0.25) is 0 Å². The molecule has 2 unspecified atom stereocenters. The summed E-state index contributed by atoms with van der Waals surface area (Å²) in [7, 11) is 0. The second-order valence-electron chi connectivity index (χ2n) is 9.95. The van der Waals surface area contributed by atoms with E-state index >= 15 is 0 Å². The van der Waals surface area contributed by atoms with Gasteiger partial charge in [-0.05, 0) is 61.8 Å². The minimum atomic E-state index is -0.0994. The van der Waals surface area contributed by atoms with E-state index in [-0.39, 0.29) is 9.74 Å². The third-order valence-electron chi connectivity index (χ3n) is 7.67. The van der Waals surface area contributed by atoms with Crippen molar-refractivity contribution in [1.82, 2.24) is 19.9 Å². The van der Waals surface area contributed by atoms with Crippen LogP contribution in [0.15, 0.2) is 22.0 Å². The van der Waals surface area contributed by atoms with Crippen LogP contribution in [-0.4, -0.2) is 56.4 Å². The first-order valence-electron chi connectivity index (χ1n) is 11.1. The van der Waals surface area contributed by atoms with Gasteiger partial charge < -0.3 is 9.42 Å². The maximum absolute atomic E-state index is 13.6. The standard InChI is InChI=1S/C22H27BrN4O2S/c23-22-11-15-8-16(12-22)10-21(9-15,14-22)20(28)27-5-3-26(4-6-27)13-18-24-19(25-29-18)17-2-1-7-30-17/h1-2,7,15-16H,3-6,8-14H2. The predicted octanol–water partition coefficient (Wildman–Crippen LogP) is 4.18. The average Bonchev–Trinajstić information content (AvgIpc) is 3.38. The van der Waals surface area contributed by atoms with E-state index in [1.807, 2.05) is 17.5 Å². The predicted molar refractivity (Wildman–Crippen MR) is 118 cm³/mol. The smallest absolute Gasteiger partial charge is 0.241 e. The summed E-state index contributed by atoms with van der Waals surface area (Å²) in [5.74, 6) is 3.23. The minimum absolute atomic E-state index is 0.0994. The molecule has 4 saturated carbocycles. The second-order valence-corrected chi connectivity index (χ2v) is 12.6. The lowest BCUT2D eigenvalue weighted by atomic mass is 9.49. The minimum Gasteiger partial charge on any atom is -0.340 e. The Bertz CT molecular complexity index is 923. The lowest BCUT2D eigenvalue weighted by Crippen LogP contribution is -2.61. The van der Waals surface area contributed by atoms with Crippen molar-refractivity contribution in [3.05, 3.63) is 23.4 Å². The van der Waals surface area contributed by atoms with Crippen LogP contribution in [0.4, 0.5) is 0 Å². The molecule has 4 bridgehead atoms. The van der Waals surface area contributed by atoms with E-state index in [4.69, 9.17) is 4.52 Å². The Morgan fingerprint density at radius 3 is 2.63 bits per heavy atom. The molecule has 1 amide bonds. The number of hydrogen-bond acceptors (Lipinski definition) is 6. The van der Waals surface area contributed by atoms with Crippen LogP contribution in [0, 0.1) is 17.3 Å². The fourth-order valence-corrected chi connectivity index (χ4v) is 8.96. The summed E-state index contributed by atoms with van der Waals surface area (Å²) in [5, 5.41) is 6.13. The Morgan fingerprint density at radius 2 is 1.97 bits per heavy atom. The molecule has 1 aliphatic heterocycles. The molecule has 0 radical (unpaired) electrons. The van der Waals surface area contributed by atoms with Gasteiger partial charge in [-0.3, -0.25) is 9.69 Å². The van der Waals surface area contributed by atoms with Gasteiger partial charge >= 0.3 is 0 Å². The summed E-state index contributed by atoms with van der Waals surface area (Å²) in [4.78, 5) is 23.7. The number of halogens is 1. The van der Waals surface area contributed by atoms with Crippen LogP contribution in [0.5, 0.6) is 0 Å². The van der Waals surface area contributed by atoms with Gasteiger partial charge in [0.15, 0.2) is 0 Å². The number of aromatic nitrogens is 2. The molecule has 2 atom stereocenters. The lowest BCUT2D eigenvalue weighted by molar-refractivity contribution is -0.157. The highest BCUT2D eigenvalue weighted by atomic mass is 79.9. The Hall–Kier alpha value is -1.25. The molecule has 2 aromatic heterocycles. The topological polar surface area (TPSA) is 62.5 Å². The van der Waals surface area contributed by atoms with E-state index in [0.29, 0.717) is 24.2 Å². The number of alkyl halides is 1. The normalized spacial score (nSPS) is 35.8. The van der Waals surface area contributed by atoms with E-state index in [0.717, 1.165) is 62.2 Å². The van der Waals surface area contributed by atoms with E-state index < -0.39 is 0 Å². The number of piperazine rings is 1. The molecule has 160 valence electrons. The van der Waals surface area contributed by atoms with Gasteiger partial charge in [0.25, 0.3) is 0 Å². The number of carbonyl (C=O) groups is 1. The highest BCUT2D eigenvalue weighted by Gasteiger charge is 2.60. The van der Waals surface area contributed by atoms with Gasteiger partial charge in [-0.15, -0.1) is 11.3 Å². The Balaban J connectivity index is 1.08. The molecule has 1 saturated heterocycles. The van der Waals surface area contributed by atoms with Gasteiger partial charge in [-0.1, -0.05) is 27.2 Å². The zero-order valence-electron chi connectivity index (χ0n) is 17.1. The molecule has 6 nitrogen and oxygen atoms in total. The number of nitrogens with zero attached hydrogens (tertiary/aromatic N) is 4. The first kappa shape index (κ1) is 19.4. The van der Waals surface area contributed by atoms with Gasteiger partial charge in [0, 0.05) is 30.5 Å². The molecule has 0 aromatic carbocycles. The molecule has 8 heteroatoms. The molecule has 0 spiro atoms. The molecule has 7 rings (SSSR count). The van der Waals surface area contributed by atoms with Gasteiger partial charge in [0.1, 0.15) is 0 Å². The summed E-state index contributed by atoms with van der Waals surface area (Å²) < 4.78 is 5.69. The van der Waals surface area contributed by atoms with Gasteiger partial charge in [0.2, 0.25) is 17.6 Å². The number of amides is 1. The fourth-order valence-electron chi connectivity index (χ4n) is 6.86. The van der Waals surface area contributed by atoms with Crippen LogP contribution >= 0.6 is 27.3 Å². The monoisotopic (exact) mass is 490 g/mol. The summed E-state index contributed by atoms with van der Waals surface area (Å²) in [5.41, 5.74) is -0.0994. The maximum Gasteiger partial charge on any atom is 0.241 e. The number of thiophene rings is 1. The fraction of sp³-hybridized carbons (Fsp3) is 0.682. The van der Waals surface area contributed by atoms with Crippen molar-refractivity contribution < 1.29 is 9.32 Å². The lowest BCUT2D eigenvalue weighted by Gasteiger charge is -2.60. The number of rotatable bonds is 4. The molecule has 2 aromatic rings. The average molecular weight is 491 g/mol. The van der Waals surface area contributed by atoms with E-state index in [1.54, 1.807) is 11.3 Å². The summed E-state index contributed by atoms with van der Waals surface area (Å²) in [6.07, 6.45) is 7.15. The van der Waals surface area contributed by atoms with Crippen molar-refractivity contribution in [2.24, 2.45) is 17.3 Å². The summed E-state index contributed by atoms with van der Waals surface area (Å²) >= 11 is 5.66. The molecule has 3 heterocycles. The zero-order chi connectivity index (χ0) is 20.3. The first-order chi connectivity index (χ1) is 14.5. The Kier molecular flexibility index (Phi) is 4.62. The molecule has 5 aliphatic rings. The van der Waals surface area contributed by atoms with Crippen molar-refractivity contribution >= 4 is 33.2 Å². The SMILES string of the molecule is O=C(N1CCN(Cc2nc(-c3cccs3)no2)CC1)C12CC3CC(CC(Br)(C3)C1)C2. The van der Waals surface area contributed by atoms with Gasteiger partial charge in [-0.25, -0.2) is 0 Å². The van der Waals surface area contributed by atoms with Crippen molar-refractivity contribution in [2.75, 3.05) is 26.2 Å². The largest absolute Gasteiger partial charge is 0.340 e. The third-order valence-corrected chi connectivity index (χ3v) is 9.47. The van der Waals surface area contributed by atoms with Crippen molar-refractivity contribution in [1.29, 1.82) is 0 Å². The van der Waals surface area contributed by atoms with Crippen LogP contribution in [0.25, 0.3) is 10.7 Å².